The third-order valence-corrected chi connectivity index (χ3v) is 4.50. The lowest BCUT2D eigenvalue weighted by atomic mass is 10.0. The molecule has 5 heteroatoms. The number of rotatable bonds is 5. The topological polar surface area (TPSA) is 71.3 Å². The van der Waals surface area contributed by atoms with Gasteiger partial charge in [-0.3, -0.25) is 9.59 Å². The van der Waals surface area contributed by atoms with Crippen LogP contribution in [0.25, 0.3) is 0 Å². The number of furan rings is 1. The van der Waals surface area contributed by atoms with Crippen LogP contribution in [0.1, 0.15) is 50.6 Å². The van der Waals surface area contributed by atoms with Gasteiger partial charge in [0, 0.05) is 11.3 Å². The molecule has 2 amide bonds. The van der Waals surface area contributed by atoms with E-state index in [9.17, 15) is 9.59 Å². The fourth-order valence-corrected chi connectivity index (χ4v) is 2.92. The number of benzene rings is 2. The molecule has 0 saturated heterocycles. The van der Waals surface area contributed by atoms with Crippen molar-refractivity contribution in [2.24, 2.45) is 0 Å². The molecule has 1 aromatic heterocycles. The van der Waals surface area contributed by atoms with E-state index in [-0.39, 0.29) is 23.6 Å². The molecule has 0 fully saturated rings. The number of amides is 2. The molecule has 2 aromatic carbocycles. The molecule has 5 nitrogen and oxygen atoms in total. The van der Waals surface area contributed by atoms with E-state index in [4.69, 9.17) is 4.42 Å². The molecule has 0 saturated carbocycles. The highest BCUT2D eigenvalue weighted by Crippen LogP contribution is 2.20. The summed E-state index contributed by atoms with van der Waals surface area (Å²) in [5.74, 6) is -0.328. The highest BCUT2D eigenvalue weighted by atomic mass is 16.3. The van der Waals surface area contributed by atoms with Crippen molar-refractivity contribution < 1.29 is 14.0 Å². The zero-order chi connectivity index (χ0) is 19.4. The normalized spacial score (nSPS) is 11.7. The fourth-order valence-electron chi connectivity index (χ4n) is 2.92. The Bertz CT molecular complexity index is 961. The second kappa shape index (κ2) is 7.91. The monoisotopic (exact) mass is 362 g/mol. The van der Waals surface area contributed by atoms with E-state index in [0.717, 1.165) is 16.7 Å². The number of carbonyl (C=O) groups excluding carboxylic acids is 2. The van der Waals surface area contributed by atoms with Crippen molar-refractivity contribution in [2.75, 3.05) is 5.32 Å². The van der Waals surface area contributed by atoms with Gasteiger partial charge in [0.25, 0.3) is 11.8 Å². The first-order chi connectivity index (χ1) is 13.0. The minimum Gasteiger partial charge on any atom is -0.459 e. The van der Waals surface area contributed by atoms with Crippen LogP contribution in [0.3, 0.4) is 0 Å². The van der Waals surface area contributed by atoms with Gasteiger partial charge in [-0.25, -0.2) is 0 Å². The van der Waals surface area contributed by atoms with Gasteiger partial charge >= 0.3 is 0 Å². The van der Waals surface area contributed by atoms with E-state index in [0.29, 0.717) is 11.3 Å². The Kier molecular flexibility index (Phi) is 5.41. The van der Waals surface area contributed by atoms with Crippen molar-refractivity contribution in [3.63, 3.8) is 0 Å². The molecule has 0 aliphatic carbocycles. The van der Waals surface area contributed by atoms with E-state index in [1.807, 2.05) is 51.1 Å². The Morgan fingerprint density at radius 1 is 0.926 bits per heavy atom. The third-order valence-electron chi connectivity index (χ3n) is 4.50. The summed E-state index contributed by atoms with van der Waals surface area (Å²) in [6.07, 6.45) is 1.44. The van der Waals surface area contributed by atoms with E-state index < -0.39 is 0 Å². The van der Waals surface area contributed by atoms with Gasteiger partial charge < -0.3 is 15.1 Å². The molecule has 0 bridgehead atoms. The van der Waals surface area contributed by atoms with E-state index >= 15 is 0 Å². The second-order valence-corrected chi connectivity index (χ2v) is 6.51. The van der Waals surface area contributed by atoms with Gasteiger partial charge in [0.15, 0.2) is 5.76 Å². The molecule has 2 N–H and O–H groups in total. The number of anilines is 1. The van der Waals surface area contributed by atoms with Gasteiger partial charge in [-0.1, -0.05) is 30.3 Å². The Labute approximate surface area is 158 Å². The molecule has 3 aromatic rings. The summed E-state index contributed by atoms with van der Waals surface area (Å²) >= 11 is 0. The Morgan fingerprint density at radius 2 is 1.70 bits per heavy atom. The number of nitrogens with one attached hydrogen (secondary N) is 2. The minimum atomic E-state index is -0.353. The van der Waals surface area contributed by atoms with Crippen molar-refractivity contribution in [3.8, 4) is 0 Å². The predicted molar refractivity (Wildman–Crippen MR) is 105 cm³/mol. The van der Waals surface area contributed by atoms with Crippen LogP contribution in [0.2, 0.25) is 0 Å². The fraction of sp³-hybridized carbons (Fsp3) is 0.182. The zero-order valence-electron chi connectivity index (χ0n) is 15.6. The lowest BCUT2D eigenvalue weighted by Crippen LogP contribution is -2.27. The van der Waals surface area contributed by atoms with Crippen LogP contribution in [0.5, 0.6) is 0 Å². The Morgan fingerprint density at radius 3 is 2.41 bits per heavy atom. The van der Waals surface area contributed by atoms with E-state index in [1.54, 1.807) is 24.3 Å². The molecule has 0 spiro atoms. The van der Waals surface area contributed by atoms with Crippen LogP contribution >= 0.6 is 0 Å². The van der Waals surface area contributed by atoms with Gasteiger partial charge in [-0.15, -0.1) is 0 Å². The van der Waals surface area contributed by atoms with Crippen LogP contribution < -0.4 is 10.6 Å². The first kappa shape index (κ1) is 18.5. The molecule has 0 aliphatic rings. The van der Waals surface area contributed by atoms with Crippen molar-refractivity contribution in [2.45, 2.75) is 26.8 Å². The third kappa shape index (κ3) is 4.26. The molecule has 27 heavy (non-hydrogen) atoms. The molecule has 3 rings (SSSR count). The molecular formula is C22H22N2O3. The first-order valence-corrected chi connectivity index (χ1v) is 8.77. The summed E-state index contributed by atoms with van der Waals surface area (Å²) in [6, 6.07) is 16.3. The van der Waals surface area contributed by atoms with E-state index in [1.165, 1.54) is 6.26 Å². The Balaban J connectivity index is 1.75. The lowest BCUT2D eigenvalue weighted by Gasteiger charge is -2.17. The molecule has 138 valence electrons. The highest BCUT2D eigenvalue weighted by molar-refractivity contribution is 6.04. The molecule has 0 aliphatic heterocycles. The maximum atomic E-state index is 12.7. The standard InChI is InChI=1S/C22H22N2O3/c1-14-7-4-5-8-18(14)16(3)23-21(25)17-11-10-15(2)19(13-17)24-22(26)20-9-6-12-27-20/h4-13,16H,1-3H3,(H,23,25)(H,24,26). The number of aryl methyl sites for hydroxylation is 2. The summed E-state index contributed by atoms with van der Waals surface area (Å²) in [4.78, 5) is 24.9. The zero-order valence-corrected chi connectivity index (χ0v) is 15.6. The van der Waals surface area contributed by atoms with Crippen molar-refractivity contribution in [1.29, 1.82) is 0 Å². The number of hydrogen-bond donors (Lipinski definition) is 2. The summed E-state index contributed by atoms with van der Waals surface area (Å²) in [5, 5.41) is 5.80. The van der Waals surface area contributed by atoms with Crippen molar-refractivity contribution in [1.82, 2.24) is 5.32 Å². The Hall–Kier alpha value is -3.34. The van der Waals surface area contributed by atoms with E-state index in [2.05, 4.69) is 10.6 Å². The van der Waals surface area contributed by atoms with Crippen LogP contribution in [0, 0.1) is 13.8 Å². The summed E-state index contributed by atoms with van der Waals surface area (Å²) in [5.41, 5.74) is 4.12. The SMILES string of the molecule is Cc1ccc(C(=O)NC(C)c2ccccc2C)cc1NC(=O)c1ccco1. The van der Waals surface area contributed by atoms with Crippen molar-refractivity contribution >= 4 is 17.5 Å². The lowest BCUT2D eigenvalue weighted by molar-refractivity contribution is 0.0938. The van der Waals surface area contributed by atoms with Crippen LogP contribution in [-0.4, -0.2) is 11.8 Å². The van der Waals surface area contributed by atoms with Gasteiger partial charge in [0.05, 0.1) is 12.3 Å². The molecule has 1 atom stereocenters. The summed E-state index contributed by atoms with van der Waals surface area (Å²) in [6.45, 7) is 5.84. The molecular weight excluding hydrogens is 340 g/mol. The number of carbonyl (C=O) groups is 2. The minimum absolute atomic E-state index is 0.124. The predicted octanol–water partition coefficient (Wildman–Crippen LogP) is 4.64. The summed E-state index contributed by atoms with van der Waals surface area (Å²) < 4.78 is 5.11. The average molecular weight is 362 g/mol. The molecule has 1 unspecified atom stereocenters. The molecule has 0 radical (unpaired) electrons. The van der Waals surface area contributed by atoms with Gasteiger partial charge in [-0.05, 0) is 61.7 Å². The van der Waals surface area contributed by atoms with Crippen molar-refractivity contribution in [3.05, 3.63) is 88.9 Å². The van der Waals surface area contributed by atoms with Gasteiger partial charge in [0.1, 0.15) is 0 Å². The largest absolute Gasteiger partial charge is 0.459 e. The maximum absolute atomic E-state index is 12.7. The average Bonchev–Trinajstić information content (AvgIpc) is 3.18. The highest BCUT2D eigenvalue weighted by Gasteiger charge is 2.15. The maximum Gasteiger partial charge on any atom is 0.291 e. The summed E-state index contributed by atoms with van der Waals surface area (Å²) in [7, 11) is 0. The van der Waals surface area contributed by atoms with Crippen LogP contribution in [0.4, 0.5) is 5.69 Å². The second-order valence-electron chi connectivity index (χ2n) is 6.51. The first-order valence-electron chi connectivity index (χ1n) is 8.77. The van der Waals surface area contributed by atoms with Crippen LogP contribution in [0.15, 0.2) is 65.3 Å². The smallest absolute Gasteiger partial charge is 0.291 e. The van der Waals surface area contributed by atoms with Gasteiger partial charge in [0.2, 0.25) is 0 Å². The molecule has 1 heterocycles. The van der Waals surface area contributed by atoms with Crippen LogP contribution in [-0.2, 0) is 0 Å². The quantitative estimate of drug-likeness (QED) is 0.694. The number of hydrogen-bond acceptors (Lipinski definition) is 3. The van der Waals surface area contributed by atoms with Gasteiger partial charge in [-0.2, -0.15) is 0 Å².